The number of likely N-dealkylation sites (tertiary alicyclic amines) is 1. The van der Waals surface area contributed by atoms with Gasteiger partial charge in [-0.3, -0.25) is 15.0 Å². The van der Waals surface area contributed by atoms with Crippen LogP contribution in [-0.4, -0.2) is 63.9 Å². The summed E-state index contributed by atoms with van der Waals surface area (Å²) in [5.41, 5.74) is 0. The maximum Gasteiger partial charge on any atom is 0.407 e. The molecule has 26 heavy (non-hydrogen) atoms. The highest BCUT2D eigenvalue weighted by Gasteiger charge is 2.39. The molecule has 1 fully saturated rings. The summed E-state index contributed by atoms with van der Waals surface area (Å²) in [5, 5.41) is 16.1. The minimum atomic E-state index is -1.02. The van der Waals surface area contributed by atoms with Crippen molar-refractivity contribution in [2.24, 2.45) is 5.92 Å². The molecular weight excluding hydrogens is 406 g/mol. The first-order chi connectivity index (χ1) is 12.3. The monoisotopic (exact) mass is 429 g/mol. The Bertz CT molecular complexity index is 628. The molecule has 9 nitrogen and oxygen atoms in total. The van der Waals surface area contributed by atoms with Crippen LogP contribution in [0.5, 0.6) is 0 Å². The molecule has 0 aliphatic carbocycles. The molecule has 10 heteroatoms. The number of nitrogens with zero attached hydrogens (tertiary/aromatic N) is 3. The maximum absolute atomic E-state index is 12.6. The topological polar surface area (TPSA) is 117 Å². The van der Waals surface area contributed by atoms with Gasteiger partial charge in [-0.2, -0.15) is 0 Å². The number of aliphatic hydroxyl groups excluding tert-OH is 1. The predicted molar refractivity (Wildman–Crippen MR) is 98.3 cm³/mol. The third-order valence-corrected chi connectivity index (χ3v) is 4.71. The number of methoxy groups -OCH3 is 1. The Balaban J connectivity index is 2.07. The van der Waals surface area contributed by atoms with Crippen LogP contribution in [0, 0.1) is 5.92 Å². The summed E-state index contributed by atoms with van der Waals surface area (Å²) in [6.45, 7) is 4.31. The molecule has 0 aromatic carbocycles. The first-order valence-corrected chi connectivity index (χ1v) is 9.19. The van der Waals surface area contributed by atoms with Crippen LogP contribution < -0.4 is 10.6 Å². The summed E-state index contributed by atoms with van der Waals surface area (Å²) in [4.78, 5) is 33.9. The van der Waals surface area contributed by atoms with Gasteiger partial charge in [0.1, 0.15) is 6.23 Å². The molecule has 144 valence electrons. The highest BCUT2D eigenvalue weighted by atomic mass is 79.9. The molecule has 0 spiro atoms. The normalized spacial score (nSPS) is 19.8. The lowest BCUT2D eigenvalue weighted by Gasteiger charge is -2.35. The second-order valence-corrected chi connectivity index (χ2v) is 7.35. The zero-order valence-corrected chi connectivity index (χ0v) is 16.6. The molecule has 1 saturated heterocycles. The fraction of sp³-hybridized carbons (Fsp3) is 0.625. The Morgan fingerprint density at radius 1 is 1.38 bits per heavy atom. The van der Waals surface area contributed by atoms with Gasteiger partial charge < -0.3 is 15.2 Å². The zero-order valence-electron chi connectivity index (χ0n) is 15.0. The number of halogens is 1. The molecule has 2 amide bonds. The lowest BCUT2D eigenvalue weighted by molar-refractivity contribution is -0.125. The van der Waals surface area contributed by atoms with Crippen LogP contribution in [0.2, 0.25) is 0 Å². The van der Waals surface area contributed by atoms with Gasteiger partial charge in [-0.25, -0.2) is 14.8 Å². The van der Waals surface area contributed by atoms with Crippen LogP contribution >= 0.6 is 15.9 Å². The molecule has 1 aliphatic rings. The summed E-state index contributed by atoms with van der Waals surface area (Å²) in [6.07, 6.45) is 2.81. The Morgan fingerprint density at radius 3 is 2.62 bits per heavy atom. The first-order valence-electron chi connectivity index (χ1n) is 8.40. The van der Waals surface area contributed by atoms with Gasteiger partial charge in [0.2, 0.25) is 11.9 Å². The van der Waals surface area contributed by atoms with Crippen molar-refractivity contribution in [3.05, 3.63) is 16.9 Å². The summed E-state index contributed by atoms with van der Waals surface area (Å²) >= 11 is 3.24. The van der Waals surface area contributed by atoms with E-state index in [1.54, 1.807) is 17.3 Å². The molecule has 0 saturated carbocycles. The Labute approximate surface area is 160 Å². The third kappa shape index (κ3) is 5.12. The lowest BCUT2D eigenvalue weighted by atomic mass is 10.0. The summed E-state index contributed by atoms with van der Waals surface area (Å²) in [7, 11) is 1.27. The SMILES string of the molecule is COC(=O)NC(C(C)C)C(O)N1CCCC1C(=O)Nc1ncc(Br)cn1. The van der Waals surface area contributed by atoms with Gasteiger partial charge in [-0.05, 0) is 34.7 Å². The van der Waals surface area contributed by atoms with Crippen molar-refractivity contribution >= 4 is 33.9 Å². The van der Waals surface area contributed by atoms with Gasteiger partial charge >= 0.3 is 6.09 Å². The van der Waals surface area contributed by atoms with Gasteiger partial charge in [-0.15, -0.1) is 0 Å². The van der Waals surface area contributed by atoms with E-state index in [4.69, 9.17) is 0 Å². The number of hydrogen-bond acceptors (Lipinski definition) is 7. The van der Waals surface area contributed by atoms with E-state index in [-0.39, 0.29) is 17.8 Å². The van der Waals surface area contributed by atoms with E-state index < -0.39 is 24.4 Å². The maximum atomic E-state index is 12.6. The number of amides is 2. The van der Waals surface area contributed by atoms with Crippen LogP contribution in [-0.2, 0) is 9.53 Å². The lowest BCUT2D eigenvalue weighted by Crippen LogP contribution is -2.57. The standard InChI is InChI=1S/C16H24BrN5O4/c1-9(2)12(20-16(25)26-3)14(24)22-6-4-5-11(22)13(23)21-15-18-7-10(17)8-19-15/h7-9,11-12,14,24H,4-6H2,1-3H3,(H,20,25)(H,18,19,21,23). The zero-order chi connectivity index (χ0) is 19.3. The van der Waals surface area contributed by atoms with Crippen molar-refractivity contribution in [2.75, 3.05) is 19.0 Å². The van der Waals surface area contributed by atoms with E-state index in [9.17, 15) is 14.7 Å². The van der Waals surface area contributed by atoms with Crippen molar-refractivity contribution in [2.45, 2.75) is 45.0 Å². The number of carbonyl (C=O) groups excluding carboxylic acids is 2. The Hall–Kier alpha value is -1.78. The van der Waals surface area contributed by atoms with Gasteiger partial charge in [0.05, 0.1) is 23.7 Å². The van der Waals surface area contributed by atoms with Crippen molar-refractivity contribution < 1.29 is 19.4 Å². The summed E-state index contributed by atoms with van der Waals surface area (Å²) in [6, 6.07) is -1.10. The van der Waals surface area contributed by atoms with Gasteiger partial charge in [0.25, 0.3) is 0 Å². The summed E-state index contributed by atoms with van der Waals surface area (Å²) < 4.78 is 5.34. The fourth-order valence-corrected chi connectivity index (χ4v) is 3.15. The molecule has 3 unspecified atom stereocenters. The van der Waals surface area contributed by atoms with E-state index in [1.807, 2.05) is 13.8 Å². The smallest absolute Gasteiger partial charge is 0.407 e. The molecular formula is C16H24BrN5O4. The number of ether oxygens (including phenoxy) is 1. The Kier molecular flexibility index (Phi) is 7.30. The van der Waals surface area contributed by atoms with Crippen LogP contribution in [0.1, 0.15) is 26.7 Å². The number of aromatic nitrogens is 2. The Morgan fingerprint density at radius 2 is 2.04 bits per heavy atom. The van der Waals surface area contributed by atoms with E-state index >= 15 is 0 Å². The number of hydrogen-bond donors (Lipinski definition) is 3. The molecule has 3 N–H and O–H groups in total. The van der Waals surface area contributed by atoms with E-state index in [0.717, 1.165) is 6.42 Å². The van der Waals surface area contributed by atoms with Crippen molar-refractivity contribution in [1.82, 2.24) is 20.2 Å². The second kappa shape index (κ2) is 9.24. The van der Waals surface area contributed by atoms with Gasteiger partial charge in [0, 0.05) is 18.9 Å². The third-order valence-electron chi connectivity index (χ3n) is 4.30. The van der Waals surface area contributed by atoms with Crippen LogP contribution in [0.3, 0.4) is 0 Å². The number of anilines is 1. The number of alkyl carbamates (subject to hydrolysis) is 1. The van der Waals surface area contributed by atoms with E-state index in [0.29, 0.717) is 17.4 Å². The largest absolute Gasteiger partial charge is 0.453 e. The highest BCUT2D eigenvalue weighted by Crippen LogP contribution is 2.24. The van der Waals surface area contributed by atoms with Crippen LogP contribution in [0.25, 0.3) is 0 Å². The molecule has 2 rings (SSSR count). The average Bonchev–Trinajstić information content (AvgIpc) is 3.10. The van der Waals surface area contributed by atoms with Crippen molar-refractivity contribution in [1.29, 1.82) is 0 Å². The van der Waals surface area contributed by atoms with Gasteiger partial charge in [0.15, 0.2) is 0 Å². The average molecular weight is 430 g/mol. The molecule has 2 heterocycles. The molecule has 1 aromatic rings. The number of carbonyl (C=O) groups is 2. The minimum Gasteiger partial charge on any atom is -0.453 e. The first kappa shape index (κ1) is 20.5. The van der Waals surface area contributed by atoms with Crippen molar-refractivity contribution in [3.8, 4) is 0 Å². The fourth-order valence-electron chi connectivity index (χ4n) is 2.94. The predicted octanol–water partition coefficient (Wildman–Crippen LogP) is 1.34. The summed E-state index contributed by atoms with van der Waals surface area (Å²) in [5.74, 6) is -0.139. The second-order valence-electron chi connectivity index (χ2n) is 6.43. The van der Waals surface area contributed by atoms with Crippen LogP contribution in [0.4, 0.5) is 10.7 Å². The van der Waals surface area contributed by atoms with Crippen molar-refractivity contribution in [3.63, 3.8) is 0 Å². The number of aliphatic hydroxyl groups is 1. The molecule has 1 aliphatic heterocycles. The quantitative estimate of drug-likeness (QED) is 0.624. The highest BCUT2D eigenvalue weighted by molar-refractivity contribution is 9.10. The van der Waals surface area contributed by atoms with Crippen LogP contribution in [0.15, 0.2) is 16.9 Å². The van der Waals surface area contributed by atoms with Gasteiger partial charge in [-0.1, -0.05) is 13.8 Å². The van der Waals surface area contributed by atoms with E-state index in [1.165, 1.54) is 7.11 Å². The molecule has 1 aromatic heterocycles. The minimum absolute atomic E-state index is 0.0526. The number of rotatable bonds is 6. The van der Waals surface area contributed by atoms with E-state index in [2.05, 4.69) is 41.3 Å². The molecule has 3 atom stereocenters. The number of nitrogens with one attached hydrogen (secondary N) is 2. The molecule has 0 bridgehead atoms. The molecule has 0 radical (unpaired) electrons.